The van der Waals surface area contributed by atoms with Gasteiger partial charge in [-0.15, -0.1) is 0 Å². The Morgan fingerprint density at radius 3 is 2.00 bits per heavy atom. The maximum Gasteiger partial charge on any atom is 0.228 e. The summed E-state index contributed by atoms with van der Waals surface area (Å²) in [5.74, 6) is 1.35. The van der Waals surface area contributed by atoms with E-state index in [0.717, 1.165) is 29.0 Å². The lowest BCUT2D eigenvalue weighted by atomic mass is 10.1. The maximum atomic E-state index is 13.0. The van der Waals surface area contributed by atoms with Gasteiger partial charge in [0.1, 0.15) is 0 Å². The van der Waals surface area contributed by atoms with Crippen molar-refractivity contribution in [1.82, 2.24) is 0 Å². The van der Waals surface area contributed by atoms with Gasteiger partial charge < -0.3 is 31.8 Å². The maximum absolute atomic E-state index is 13.0. The average molecular weight is 654 g/mol. The van der Waals surface area contributed by atoms with Crippen LogP contribution in [-0.4, -0.2) is 19.6 Å². The molecule has 0 saturated carbocycles. The van der Waals surface area contributed by atoms with Crippen LogP contribution in [0.25, 0.3) is 0 Å². The molecule has 43 heavy (non-hydrogen) atoms. The van der Waals surface area contributed by atoms with E-state index in [1.165, 1.54) is 81.8 Å². The van der Waals surface area contributed by atoms with Crippen molar-refractivity contribution in [2.75, 3.05) is 19.0 Å². The third-order valence-corrected chi connectivity index (χ3v) is 7.69. The van der Waals surface area contributed by atoms with Gasteiger partial charge in [0.25, 0.3) is 0 Å². The molecule has 0 aliphatic heterocycles. The largest absolute Gasteiger partial charge is 1.00 e. The summed E-state index contributed by atoms with van der Waals surface area (Å²) in [4.78, 5) is 13.0. The summed E-state index contributed by atoms with van der Waals surface area (Å²) in [6.07, 6.45) is 20.4. The van der Waals surface area contributed by atoms with Crippen molar-refractivity contribution < 1.29 is 35.8 Å². The number of rotatable bonds is 20. The van der Waals surface area contributed by atoms with Crippen LogP contribution in [0, 0.1) is 13.8 Å². The van der Waals surface area contributed by atoms with Crippen LogP contribution in [-0.2, 0) is 17.8 Å². The fourth-order valence-corrected chi connectivity index (χ4v) is 5.51. The number of aryl methyl sites for hydroxylation is 2. The number of unbranched alkanes of at least 4 members (excludes halogenated alkanes) is 11. The first-order chi connectivity index (χ1) is 20.5. The Hall–Kier alpha value is -2.86. The second-order valence-corrected chi connectivity index (χ2v) is 11.7. The lowest BCUT2D eigenvalue weighted by molar-refractivity contribution is -0.688. The highest BCUT2D eigenvalue weighted by Crippen LogP contribution is 2.29. The van der Waals surface area contributed by atoms with Crippen molar-refractivity contribution in [3.63, 3.8) is 0 Å². The molecule has 0 saturated heterocycles. The van der Waals surface area contributed by atoms with Crippen LogP contribution in [0.2, 0.25) is 0 Å². The summed E-state index contributed by atoms with van der Waals surface area (Å²) < 4.78 is 13.8. The molecule has 0 aliphatic carbocycles. The number of amides is 1. The number of pyridine rings is 1. The second kappa shape index (κ2) is 20.9. The summed E-state index contributed by atoms with van der Waals surface area (Å²) >= 11 is 0. The van der Waals surface area contributed by atoms with Crippen molar-refractivity contribution in [2.45, 2.75) is 111 Å². The van der Waals surface area contributed by atoms with Gasteiger partial charge in [-0.2, -0.15) is 0 Å². The molecule has 1 aromatic heterocycles. The lowest BCUT2D eigenvalue weighted by Gasteiger charge is -2.13. The quantitative estimate of drug-likeness (QED) is 0.122. The van der Waals surface area contributed by atoms with Crippen molar-refractivity contribution in [1.29, 1.82) is 0 Å². The van der Waals surface area contributed by atoms with Crippen LogP contribution in [0.3, 0.4) is 0 Å². The van der Waals surface area contributed by atoms with Gasteiger partial charge in [-0.1, -0.05) is 102 Å². The summed E-state index contributed by atoms with van der Waals surface area (Å²) in [5.41, 5.74) is 5.23. The van der Waals surface area contributed by atoms with Crippen LogP contribution in [0.5, 0.6) is 11.5 Å². The van der Waals surface area contributed by atoms with Crippen molar-refractivity contribution in [3.05, 3.63) is 83.2 Å². The van der Waals surface area contributed by atoms with E-state index in [2.05, 4.69) is 55.2 Å². The molecule has 236 valence electrons. The van der Waals surface area contributed by atoms with E-state index in [4.69, 9.17) is 9.47 Å². The Kier molecular flexibility index (Phi) is 17.7. The number of nitrogens with zero attached hydrogens (tertiary/aromatic N) is 1. The topological polar surface area (TPSA) is 51.4 Å². The smallest absolute Gasteiger partial charge is 0.228 e. The summed E-state index contributed by atoms with van der Waals surface area (Å²) in [6, 6.07) is 15.9. The first kappa shape index (κ1) is 36.3. The monoisotopic (exact) mass is 652 g/mol. The van der Waals surface area contributed by atoms with Crippen molar-refractivity contribution >= 4 is 11.6 Å². The normalized spacial score (nSPS) is 10.7. The number of halogens is 1. The first-order valence-electron chi connectivity index (χ1n) is 16.1. The molecule has 2 aromatic carbocycles. The lowest BCUT2D eigenvalue weighted by Crippen LogP contribution is -3.00. The highest BCUT2D eigenvalue weighted by Gasteiger charge is 2.13. The molecule has 1 heterocycles. The molecule has 0 fully saturated rings. The molecule has 1 N–H and O–H groups in total. The highest BCUT2D eigenvalue weighted by atomic mass is 79.9. The summed E-state index contributed by atoms with van der Waals surface area (Å²) in [5, 5.41) is 3.12. The molecule has 1 amide bonds. The van der Waals surface area contributed by atoms with Crippen LogP contribution in [0.1, 0.15) is 106 Å². The number of hydrogen-bond donors (Lipinski definition) is 1. The first-order valence-corrected chi connectivity index (χ1v) is 16.1. The SMILES string of the molecule is CCCCCCCCCCCCCCOc1ccc(CC(=O)Nc2ccccc2C[n+]2cc(C)cc(C)c2)cc1OC.[Br-]. The van der Waals surface area contributed by atoms with Gasteiger partial charge in [-0.05, 0) is 50.1 Å². The van der Waals surface area contributed by atoms with Crippen molar-refractivity contribution in [2.24, 2.45) is 0 Å². The zero-order valence-corrected chi connectivity index (χ0v) is 28.5. The molecule has 0 bridgehead atoms. The fourth-order valence-electron chi connectivity index (χ4n) is 5.51. The third-order valence-electron chi connectivity index (χ3n) is 7.69. The zero-order valence-electron chi connectivity index (χ0n) is 26.9. The minimum absolute atomic E-state index is 0. The molecule has 3 aromatic rings. The number of carbonyl (C=O) groups is 1. The van der Waals surface area contributed by atoms with Gasteiger partial charge in [0.05, 0.1) is 25.8 Å². The molecule has 6 heteroatoms. The van der Waals surface area contributed by atoms with Gasteiger partial charge in [-0.3, -0.25) is 4.79 Å². The van der Waals surface area contributed by atoms with E-state index in [-0.39, 0.29) is 29.3 Å². The Balaban J connectivity index is 0.00000645. The predicted octanol–water partition coefficient (Wildman–Crippen LogP) is 5.91. The molecule has 5 nitrogen and oxygen atoms in total. The van der Waals surface area contributed by atoms with E-state index in [0.29, 0.717) is 18.9 Å². The number of carbonyl (C=O) groups excluding carboxylic acids is 1. The zero-order chi connectivity index (χ0) is 30.0. The molecule has 3 rings (SSSR count). The molecule has 0 radical (unpaired) electrons. The molecule has 0 spiro atoms. The van der Waals surface area contributed by atoms with E-state index in [1.807, 2.05) is 36.4 Å². The van der Waals surface area contributed by atoms with Crippen LogP contribution in [0.4, 0.5) is 5.69 Å². The Labute approximate surface area is 271 Å². The van der Waals surface area contributed by atoms with Crippen LogP contribution in [0.15, 0.2) is 60.9 Å². The van der Waals surface area contributed by atoms with Crippen LogP contribution < -0.4 is 36.3 Å². The number of methoxy groups -OCH3 is 1. The number of para-hydroxylation sites is 1. The van der Waals surface area contributed by atoms with Gasteiger partial charge in [0.15, 0.2) is 30.4 Å². The standard InChI is InChI=1S/C37H52N2O3.BrH/c1-5-6-7-8-9-10-11-12-13-14-15-18-23-42-35-22-21-32(25-36(35)41-4)26-37(40)38-34-20-17-16-19-33(34)29-39-27-30(2)24-31(3)28-39;/h16-17,19-22,24-25,27-28H,5-15,18,23,26,29H2,1-4H3;1H. The predicted molar refractivity (Wildman–Crippen MR) is 174 cm³/mol. The number of aromatic nitrogens is 1. The fraction of sp³-hybridized carbons (Fsp3) is 0.514. The van der Waals surface area contributed by atoms with Gasteiger partial charge in [-0.25, -0.2) is 4.57 Å². The van der Waals surface area contributed by atoms with Crippen LogP contribution >= 0.6 is 0 Å². The molecular formula is C37H53BrN2O3. The van der Waals surface area contributed by atoms with Gasteiger partial charge in [0.2, 0.25) is 5.91 Å². The number of anilines is 1. The van der Waals surface area contributed by atoms with Gasteiger partial charge in [0, 0.05) is 16.7 Å². The summed E-state index contributed by atoms with van der Waals surface area (Å²) in [7, 11) is 1.65. The highest BCUT2D eigenvalue weighted by molar-refractivity contribution is 5.93. The number of hydrogen-bond acceptors (Lipinski definition) is 3. The minimum atomic E-state index is -0.0555. The van der Waals surface area contributed by atoms with Gasteiger partial charge >= 0.3 is 0 Å². The average Bonchev–Trinajstić information content (AvgIpc) is 2.96. The van der Waals surface area contributed by atoms with E-state index < -0.39 is 0 Å². The Morgan fingerprint density at radius 1 is 0.767 bits per heavy atom. The number of nitrogens with one attached hydrogen (secondary N) is 1. The van der Waals surface area contributed by atoms with E-state index >= 15 is 0 Å². The Morgan fingerprint density at radius 2 is 1.37 bits per heavy atom. The summed E-state index contributed by atoms with van der Waals surface area (Å²) in [6.45, 7) is 7.85. The number of benzene rings is 2. The number of ether oxygens (including phenoxy) is 2. The second-order valence-electron chi connectivity index (χ2n) is 11.7. The van der Waals surface area contributed by atoms with E-state index in [1.54, 1.807) is 7.11 Å². The Bertz CT molecular complexity index is 1210. The third kappa shape index (κ3) is 14.0. The molecule has 0 unspecified atom stereocenters. The minimum Gasteiger partial charge on any atom is -1.00 e. The molecule has 0 aliphatic rings. The molecular weight excluding hydrogens is 600 g/mol. The molecule has 0 atom stereocenters. The van der Waals surface area contributed by atoms with Crippen molar-refractivity contribution in [3.8, 4) is 11.5 Å². The van der Waals surface area contributed by atoms with E-state index in [9.17, 15) is 4.79 Å².